The van der Waals surface area contributed by atoms with Crippen LogP contribution in [-0.2, 0) is 0 Å². The minimum Gasteiger partial charge on any atom is -0.391 e. The zero-order valence-electron chi connectivity index (χ0n) is 9.19. The van der Waals surface area contributed by atoms with Gasteiger partial charge in [-0.05, 0) is 6.42 Å². The number of aliphatic hydroxyl groups excluding tert-OH is 1. The van der Waals surface area contributed by atoms with Crippen LogP contribution in [0.2, 0.25) is 0 Å². The van der Waals surface area contributed by atoms with Gasteiger partial charge in [0, 0.05) is 25.2 Å². The first-order valence-corrected chi connectivity index (χ1v) is 4.93. The highest BCUT2D eigenvalue weighted by Gasteiger charge is 2.30. The Hall–Kier alpha value is -0.820. The number of nitrogen functional groups attached to an aromatic ring is 1. The van der Waals surface area contributed by atoms with Gasteiger partial charge in [0.15, 0.2) is 0 Å². The molecule has 1 aliphatic rings. The van der Waals surface area contributed by atoms with Crippen LogP contribution in [0.1, 0.15) is 6.42 Å². The molecule has 0 saturated carbocycles. The molecule has 6 nitrogen and oxygen atoms in total. The fraction of sp³-hybridized carbons (Fsp3) is 0.556. The minimum atomic E-state index is -0.338. The summed E-state index contributed by atoms with van der Waals surface area (Å²) in [4.78, 5) is 9.92. The summed E-state index contributed by atoms with van der Waals surface area (Å²) in [6, 6.07) is 1.83. The van der Waals surface area contributed by atoms with Gasteiger partial charge in [-0.15, -0.1) is 24.8 Å². The topological polar surface area (TPSA) is 101 Å². The third-order valence-electron chi connectivity index (χ3n) is 2.63. The Labute approximate surface area is 112 Å². The summed E-state index contributed by atoms with van der Waals surface area (Å²) in [5.74, 6) is 1.16. The van der Waals surface area contributed by atoms with E-state index in [4.69, 9.17) is 11.5 Å². The van der Waals surface area contributed by atoms with E-state index in [1.807, 2.05) is 4.90 Å². The van der Waals surface area contributed by atoms with Crippen molar-refractivity contribution in [3.8, 4) is 0 Å². The lowest BCUT2D eigenvalue weighted by Gasteiger charge is -2.23. The molecule has 0 bridgehead atoms. The number of aromatic nitrogens is 2. The van der Waals surface area contributed by atoms with Crippen LogP contribution in [0.25, 0.3) is 0 Å². The molecule has 0 aromatic carbocycles. The predicted octanol–water partition coefficient (Wildman–Crippen LogP) is -0.199. The summed E-state index contributed by atoms with van der Waals surface area (Å²) in [5.41, 5.74) is 11.2. The van der Waals surface area contributed by atoms with E-state index in [9.17, 15) is 5.11 Å². The molecule has 1 aromatic rings. The first-order chi connectivity index (χ1) is 7.20. The summed E-state index contributed by atoms with van der Waals surface area (Å²) in [5, 5.41) is 9.56. The molecule has 98 valence electrons. The highest BCUT2D eigenvalue weighted by Crippen LogP contribution is 2.23. The third-order valence-corrected chi connectivity index (χ3v) is 2.63. The molecule has 0 radical (unpaired) electrons. The molecule has 0 amide bonds. The summed E-state index contributed by atoms with van der Waals surface area (Å²) >= 11 is 0. The van der Waals surface area contributed by atoms with Gasteiger partial charge in [-0.2, -0.15) is 0 Å². The maximum atomic E-state index is 9.56. The van der Waals surface area contributed by atoms with Gasteiger partial charge in [-0.25, -0.2) is 9.97 Å². The Morgan fingerprint density at radius 2 is 2.12 bits per heavy atom. The molecule has 1 aliphatic heterocycles. The van der Waals surface area contributed by atoms with Crippen LogP contribution in [0.4, 0.5) is 11.6 Å². The van der Waals surface area contributed by atoms with Crippen molar-refractivity contribution in [3.05, 3.63) is 12.4 Å². The minimum absolute atomic E-state index is 0. The Morgan fingerprint density at radius 3 is 2.71 bits per heavy atom. The first-order valence-electron chi connectivity index (χ1n) is 4.93. The van der Waals surface area contributed by atoms with Crippen molar-refractivity contribution in [2.75, 3.05) is 23.7 Å². The van der Waals surface area contributed by atoms with Crippen LogP contribution in [0, 0.1) is 0 Å². The molecule has 1 fully saturated rings. The van der Waals surface area contributed by atoms with E-state index in [1.165, 1.54) is 6.33 Å². The molecule has 0 spiro atoms. The largest absolute Gasteiger partial charge is 0.391 e. The van der Waals surface area contributed by atoms with Crippen molar-refractivity contribution >= 4 is 36.4 Å². The van der Waals surface area contributed by atoms with E-state index in [0.29, 0.717) is 25.3 Å². The van der Waals surface area contributed by atoms with Crippen molar-refractivity contribution in [2.24, 2.45) is 5.73 Å². The molecule has 2 rings (SSSR count). The molecule has 0 unspecified atom stereocenters. The molecular formula is C9H17Cl2N5O. The maximum absolute atomic E-state index is 9.56. The van der Waals surface area contributed by atoms with E-state index < -0.39 is 0 Å². The first kappa shape index (κ1) is 16.2. The normalized spacial score (nSPS) is 22.8. The van der Waals surface area contributed by atoms with Crippen molar-refractivity contribution in [1.82, 2.24) is 9.97 Å². The van der Waals surface area contributed by atoms with E-state index in [-0.39, 0.29) is 37.0 Å². The average molecular weight is 282 g/mol. The van der Waals surface area contributed by atoms with Gasteiger partial charge in [0.2, 0.25) is 0 Å². The predicted molar refractivity (Wildman–Crippen MR) is 71.8 cm³/mol. The van der Waals surface area contributed by atoms with Gasteiger partial charge >= 0.3 is 0 Å². The second-order valence-corrected chi connectivity index (χ2v) is 3.73. The number of nitrogens with zero attached hydrogens (tertiary/aromatic N) is 3. The zero-order valence-corrected chi connectivity index (χ0v) is 10.8. The summed E-state index contributed by atoms with van der Waals surface area (Å²) in [6.07, 6.45) is 1.76. The lowest BCUT2D eigenvalue weighted by atomic mass is 10.2. The van der Waals surface area contributed by atoms with Crippen LogP contribution in [0.3, 0.4) is 0 Å². The van der Waals surface area contributed by atoms with Gasteiger partial charge in [0.1, 0.15) is 18.0 Å². The Morgan fingerprint density at radius 1 is 1.41 bits per heavy atom. The second kappa shape index (κ2) is 6.80. The van der Waals surface area contributed by atoms with Gasteiger partial charge < -0.3 is 21.5 Å². The number of hydrogen-bond acceptors (Lipinski definition) is 6. The van der Waals surface area contributed by atoms with Gasteiger partial charge in [0.05, 0.1) is 6.10 Å². The van der Waals surface area contributed by atoms with Gasteiger partial charge in [-0.3, -0.25) is 0 Å². The monoisotopic (exact) mass is 281 g/mol. The Kier molecular flexibility index (Phi) is 6.48. The summed E-state index contributed by atoms with van der Waals surface area (Å²) in [6.45, 7) is 1.05. The molecule has 2 atom stereocenters. The maximum Gasteiger partial charge on any atom is 0.134 e. The Balaban J connectivity index is 0.00000128. The van der Waals surface area contributed by atoms with E-state index >= 15 is 0 Å². The molecule has 1 saturated heterocycles. The SMILES string of the molecule is Cl.Cl.NC[C@H]1C[C@@H](O)CN1c1cc(N)ncn1. The summed E-state index contributed by atoms with van der Waals surface area (Å²) in [7, 11) is 0. The fourth-order valence-electron chi connectivity index (χ4n) is 1.91. The summed E-state index contributed by atoms with van der Waals surface area (Å²) < 4.78 is 0. The van der Waals surface area contributed by atoms with Crippen molar-refractivity contribution in [3.63, 3.8) is 0 Å². The number of aliphatic hydroxyl groups is 1. The number of rotatable bonds is 2. The van der Waals surface area contributed by atoms with Crippen molar-refractivity contribution in [1.29, 1.82) is 0 Å². The molecular weight excluding hydrogens is 265 g/mol. The standard InChI is InChI=1S/C9H15N5O.2ClH/c10-3-6-1-7(15)4-14(6)9-2-8(11)12-5-13-9;;/h2,5-7,15H,1,3-4,10H2,(H2,11,12,13);2*1H/t6-,7-;;/m1../s1. The number of β-amino-alcohol motifs (C(OH)–C–C–N with tert-alkyl or cyclic N) is 1. The number of anilines is 2. The molecule has 5 N–H and O–H groups in total. The molecule has 1 aromatic heterocycles. The van der Waals surface area contributed by atoms with Crippen molar-refractivity contribution in [2.45, 2.75) is 18.6 Å². The Bertz CT molecular complexity index is 354. The van der Waals surface area contributed by atoms with E-state index in [2.05, 4.69) is 9.97 Å². The molecule has 2 heterocycles. The van der Waals surface area contributed by atoms with Crippen molar-refractivity contribution < 1.29 is 5.11 Å². The molecule has 17 heavy (non-hydrogen) atoms. The van der Waals surface area contributed by atoms with Crippen LogP contribution in [0.15, 0.2) is 12.4 Å². The van der Waals surface area contributed by atoms with Crippen LogP contribution in [0.5, 0.6) is 0 Å². The number of hydrogen-bond donors (Lipinski definition) is 3. The van der Waals surface area contributed by atoms with Crippen LogP contribution < -0.4 is 16.4 Å². The molecule has 0 aliphatic carbocycles. The van der Waals surface area contributed by atoms with Gasteiger partial charge in [0.25, 0.3) is 0 Å². The second-order valence-electron chi connectivity index (χ2n) is 3.73. The number of nitrogens with two attached hydrogens (primary N) is 2. The van der Waals surface area contributed by atoms with Crippen LogP contribution in [-0.4, -0.2) is 40.3 Å². The van der Waals surface area contributed by atoms with E-state index in [1.54, 1.807) is 6.07 Å². The third kappa shape index (κ3) is 3.57. The fourth-order valence-corrected chi connectivity index (χ4v) is 1.91. The number of halogens is 2. The van der Waals surface area contributed by atoms with E-state index in [0.717, 1.165) is 5.82 Å². The molecule has 8 heteroatoms. The van der Waals surface area contributed by atoms with Crippen LogP contribution >= 0.6 is 24.8 Å². The average Bonchev–Trinajstić information content (AvgIpc) is 2.59. The quantitative estimate of drug-likeness (QED) is 0.694. The highest BCUT2D eigenvalue weighted by atomic mass is 35.5. The lowest BCUT2D eigenvalue weighted by Crippen LogP contribution is -2.36. The lowest BCUT2D eigenvalue weighted by molar-refractivity contribution is 0.194. The smallest absolute Gasteiger partial charge is 0.134 e. The van der Waals surface area contributed by atoms with Gasteiger partial charge in [-0.1, -0.05) is 0 Å². The zero-order chi connectivity index (χ0) is 10.8. The highest BCUT2D eigenvalue weighted by molar-refractivity contribution is 5.85.